The van der Waals surface area contributed by atoms with Gasteiger partial charge in [-0.2, -0.15) is 8.42 Å². The number of hydrogen-bond donors (Lipinski definition) is 2. The van der Waals surface area contributed by atoms with Crippen molar-refractivity contribution in [3.63, 3.8) is 0 Å². The second-order valence-electron chi connectivity index (χ2n) is 7.39. The lowest BCUT2D eigenvalue weighted by atomic mass is 10.0. The van der Waals surface area contributed by atoms with Crippen LogP contribution in [0, 0.1) is 0 Å². The van der Waals surface area contributed by atoms with Gasteiger partial charge in [0.2, 0.25) is 0 Å². The molecular formula is C20H42O4S. The highest BCUT2D eigenvalue weighted by Gasteiger charge is 2.21. The summed E-state index contributed by atoms with van der Waals surface area (Å²) in [5.74, 6) is 0. The lowest BCUT2D eigenvalue weighted by molar-refractivity contribution is 0.282. The van der Waals surface area contributed by atoms with Crippen molar-refractivity contribution in [2.75, 3.05) is 6.61 Å². The van der Waals surface area contributed by atoms with Crippen molar-refractivity contribution >= 4 is 10.1 Å². The molecule has 2 N–H and O–H groups in total. The van der Waals surface area contributed by atoms with E-state index in [1.54, 1.807) is 0 Å². The summed E-state index contributed by atoms with van der Waals surface area (Å²) in [5, 5.41) is 8.13. The van der Waals surface area contributed by atoms with E-state index in [1.807, 2.05) is 0 Å². The molecule has 0 aromatic heterocycles. The van der Waals surface area contributed by atoms with Gasteiger partial charge < -0.3 is 5.11 Å². The Balaban J connectivity index is 3.55. The lowest BCUT2D eigenvalue weighted by Gasteiger charge is -2.13. The number of unbranched alkanes of at least 4 members (excludes halogenated alkanes) is 13. The van der Waals surface area contributed by atoms with Gasteiger partial charge in [-0.3, -0.25) is 4.55 Å². The van der Waals surface area contributed by atoms with Gasteiger partial charge in [-0.05, 0) is 19.3 Å². The van der Waals surface area contributed by atoms with Crippen LogP contribution in [0.1, 0.15) is 116 Å². The molecule has 5 heteroatoms. The molecule has 0 heterocycles. The van der Waals surface area contributed by atoms with Gasteiger partial charge in [0.05, 0.1) is 5.25 Å². The fraction of sp³-hybridized carbons (Fsp3) is 1.00. The quantitative estimate of drug-likeness (QED) is 0.217. The third-order valence-corrected chi connectivity index (χ3v) is 6.30. The van der Waals surface area contributed by atoms with E-state index in [9.17, 15) is 13.0 Å². The van der Waals surface area contributed by atoms with Crippen molar-refractivity contribution in [1.82, 2.24) is 0 Å². The van der Waals surface area contributed by atoms with Crippen LogP contribution < -0.4 is 0 Å². The van der Waals surface area contributed by atoms with Crippen LogP contribution in [-0.2, 0) is 10.1 Å². The summed E-state index contributed by atoms with van der Waals surface area (Å²) in [5.41, 5.74) is 0. The standard InChI is InChI=1S/C20H42O4S/c1-2-3-4-5-6-7-8-9-10-11-12-14-17-20(25(22,23)24)18-15-13-16-19-21/h20-21H,2-19H2,1H3,(H,22,23,24). The zero-order valence-electron chi connectivity index (χ0n) is 16.4. The van der Waals surface area contributed by atoms with Crippen LogP contribution in [0.3, 0.4) is 0 Å². The zero-order valence-corrected chi connectivity index (χ0v) is 17.2. The predicted molar refractivity (Wildman–Crippen MR) is 107 cm³/mol. The van der Waals surface area contributed by atoms with Crippen LogP contribution in [0.25, 0.3) is 0 Å². The van der Waals surface area contributed by atoms with E-state index >= 15 is 0 Å². The first-order valence-corrected chi connectivity index (χ1v) is 12.1. The fourth-order valence-electron chi connectivity index (χ4n) is 3.32. The minimum absolute atomic E-state index is 0.148. The average molecular weight is 379 g/mol. The molecule has 1 atom stereocenters. The summed E-state index contributed by atoms with van der Waals surface area (Å²) in [6.07, 6.45) is 18.5. The second-order valence-corrected chi connectivity index (χ2v) is 9.08. The van der Waals surface area contributed by atoms with Crippen LogP contribution >= 0.6 is 0 Å². The summed E-state index contributed by atoms with van der Waals surface area (Å²) in [4.78, 5) is 0. The highest BCUT2D eigenvalue weighted by Crippen LogP contribution is 2.18. The van der Waals surface area contributed by atoms with Crippen molar-refractivity contribution in [2.45, 2.75) is 121 Å². The summed E-state index contributed by atoms with van der Waals surface area (Å²) >= 11 is 0. The lowest BCUT2D eigenvalue weighted by Crippen LogP contribution is -2.20. The first-order valence-electron chi connectivity index (χ1n) is 10.6. The molecule has 152 valence electrons. The first-order chi connectivity index (χ1) is 12.0. The maximum atomic E-state index is 11.4. The van der Waals surface area contributed by atoms with Crippen molar-refractivity contribution in [2.24, 2.45) is 0 Å². The Kier molecular flexibility index (Phi) is 17.2. The normalized spacial score (nSPS) is 13.2. The molecule has 0 bridgehead atoms. The van der Waals surface area contributed by atoms with Crippen molar-refractivity contribution in [1.29, 1.82) is 0 Å². The van der Waals surface area contributed by atoms with Gasteiger partial charge in [-0.15, -0.1) is 0 Å². The highest BCUT2D eigenvalue weighted by atomic mass is 32.2. The molecule has 0 saturated carbocycles. The van der Waals surface area contributed by atoms with Crippen LogP contribution in [0.5, 0.6) is 0 Å². The number of hydrogen-bond acceptors (Lipinski definition) is 3. The monoisotopic (exact) mass is 378 g/mol. The largest absolute Gasteiger partial charge is 0.396 e. The third-order valence-electron chi connectivity index (χ3n) is 4.99. The Bertz CT molecular complexity index is 368. The van der Waals surface area contributed by atoms with Crippen molar-refractivity contribution in [3.05, 3.63) is 0 Å². The van der Waals surface area contributed by atoms with E-state index in [4.69, 9.17) is 5.11 Å². The van der Waals surface area contributed by atoms with E-state index in [0.29, 0.717) is 19.3 Å². The van der Waals surface area contributed by atoms with Crippen LogP contribution in [-0.4, -0.2) is 29.9 Å². The van der Waals surface area contributed by atoms with Crippen molar-refractivity contribution in [3.8, 4) is 0 Å². The zero-order chi connectivity index (χ0) is 18.8. The van der Waals surface area contributed by atoms with Crippen LogP contribution in [0.2, 0.25) is 0 Å². The first kappa shape index (κ1) is 24.9. The van der Waals surface area contributed by atoms with Gasteiger partial charge in [0.25, 0.3) is 10.1 Å². The summed E-state index contributed by atoms with van der Waals surface area (Å²) < 4.78 is 32.2. The molecule has 0 radical (unpaired) electrons. The van der Waals surface area contributed by atoms with Crippen molar-refractivity contribution < 1.29 is 18.1 Å². The molecule has 0 spiro atoms. The maximum Gasteiger partial charge on any atom is 0.267 e. The van der Waals surface area contributed by atoms with Gasteiger partial charge >= 0.3 is 0 Å². The molecule has 25 heavy (non-hydrogen) atoms. The molecule has 1 unspecified atom stereocenters. The number of aliphatic hydroxyl groups excluding tert-OH is 1. The highest BCUT2D eigenvalue weighted by molar-refractivity contribution is 7.86. The Morgan fingerprint density at radius 1 is 0.640 bits per heavy atom. The molecule has 0 aromatic carbocycles. The average Bonchev–Trinajstić information content (AvgIpc) is 2.56. The molecule has 0 aliphatic rings. The predicted octanol–water partition coefficient (Wildman–Crippen LogP) is 5.89. The smallest absolute Gasteiger partial charge is 0.267 e. The van der Waals surface area contributed by atoms with Crippen LogP contribution in [0.15, 0.2) is 0 Å². The van der Waals surface area contributed by atoms with Gasteiger partial charge in [0, 0.05) is 6.61 Å². The Labute approximate surface area is 156 Å². The molecule has 0 fully saturated rings. The number of aliphatic hydroxyl groups is 1. The molecular weight excluding hydrogens is 336 g/mol. The molecule has 0 rings (SSSR count). The minimum Gasteiger partial charge on any atom is -0.396 e. The number of rotatable bonds is 19. The molecule has 0 aliphatic carbocycles. The topological polar surface area (TPSA) is 74.6 Å². The summed E-state index contributed by atoms with van der Waals surface area (Å²) in [6, 6.07) is 0. The maximum absolute atomic E-state index is 11.4. The molecule has 0 aromatic rings. The third kappa shape index (κ3) is 17.1. The molecule has 0 saturated heterocycles. The van der Waals surface area contributed by atoms with E-state index in [2.05, 4.69) is 6.92 Å². The van der Waals surface area contributed by atoms with Gasteiger partial charge in [0.15, 0.2) is 0 Å². The van der Waals surface area contributed by atoms with Gasteiger partial charge in [-0.1, -0.05) is 96.8 Å². The Hall–Kier alpha value is -0.130. The summed E-state index contributed by atoms with van der Waals surface area (Å²) in [6.45, 7) is 2.39. The SMILES string of the molecule is CCCCCCCCCCCCCCC(CCCCCO)S(=O)(=O)O. The van der Waals surface area contributed by atoms with Gasteiger partial charge in [-0.25, -0.2) is 0 Å². The van der Waals surface area contributed by atoms with Gasteiger partial charge in [0.1, 0.15) is 0 Å². The van der Waals surface area contributed by atoms with E-state index in [0.717, 1.165) is 25.7 Å². The fourth-order valence-corrected chi connectivity index (χ4v) is 4.24. The molecule has 0 aliphatic heterocycles. The molecule has 4 nitrogen and oxygen atoms in total. The Morgan fingerprint density at radius 3 is 1.36 bits per heavy atom. The Morgan fingerprint density at radius 2 is 1.00 bits per heavy atom. The summed E-state index contributed by atoms with van der Waals surface area (Å²) in [7, 11) is -3.93. The van der Waals surface area contributed by atoms with E-state index in [-0.39, 0.29) is 6.61 Å². The van der Waals surface area contributed by atoms with Crippen LogP contribution in [0.4, 0.5) is 0 Å². The minimum atomic E-state index is -3.93. The molecule has 0 amide bonds. The van der Waals surface area contributed by atoms with E-state index < -0.39 is 15.4 Å². The van der Waals surface area contributed by atoms with E-state index in [1.165, 1.54) is 64.2 Å². The second kappa shape index (κ2) is 17.3.